The molecule has 4 heteroatoms. The normalized spacial score (nSPS) is 29.1. The lowest BCUT2D eigenvalue weighted by atomic mass is 9.89. The lowest BCUT2D eigenvalue weighted by Gasteiger charge is -2.28. The smallest absolute Gasteiger partial charge is 0.220 e. The molecule has 0 aromatic rings. The van der Waals surface area contributed by atoms with E-state index in [0.717, 1.165) is 25.3 Å². The number of fused-ring (bicyclic) bond motifs is 2. The number of carbonyl (C=O) groups excluding carboxylic acids is 1. The first-order chi connectivity index (χ1) is 8.63. The van der Waals surface area contributed by atoms with Crippen LogP contribution in [0.15, 0.2) is 0 Å². The largest absolute Gasteiger partial charge is 0.356 e. The molecule has 0 aromatic heterocycles. The fourth-order valence-corrected chi connectivity index (χ4v) is 3.41. The zero-order valence-electron chi connectivity index (χ0n) is 12.3. The summed E-state index contributed by atoms with van der Waals surface area (Å²) in [5.41, 5.74) is 0. The van der Waals surface area contributed by atoms with Gasteiger partial charge in [-0.3, -0.25) is 4.79 Å². The van der Waals surface area contributed by atoms with Crippen LogP contribution in [0, 0.1) is 11.8 Å². The van der Waals surface area contributed by atoms with Crippen LogP contribution in [-0.4, -0.2) is 24.5 Å². The van der Waals surface area contributed by atoms with Crippen molar-refractivity contribution in [2.75, 3.05) is 6.54 Å². The third-order valence-electron chi connectivity index (χ3n) is 4.33. The Kier molecular flexibility index (Phi) is 7.16. The molecule has 19 heavy (non-hydrogen) atoms. The van der Waals surface area contributed by atoms with Gasteiger partial charge < -0.3 is 10.6 Å². The number of hydrogen-bond donors (Lipinski definition) is 2. The molecule has 3 nitrogen and oxygen atoms in total. The van der Waals surface area contributed by atoms with Crippen molar-refractivity contribution < 1.29 is 4.79 Å². The second-order valence-corrected chi connectivity index (χ2v) is 6.57. The number of halogens is 1. The van der Waals surface area contributed by atoms with Crippen LogP contribution >= 0.6 is 12.4 Å². The van der Waals surface area contributed by atoms with E-state index in [-0.39, 0.29) is 18.3 Å². The number of nitrogens with one attached hydrogen (secondary N) is 2. The molecule has 112 valence electrons. The summed E-state index contributed by atoms with van der Waals surface area (Å²) in [5.74, 6) is 1.63. The molecule has 0 saturated carbocycles. The van der Waals surface area contributed by atoms with Crippen LogP contribution < -0.4 is 10.6 Å². The summed E-state index contributed by atoms with van der Waals surface area (Å²) >= 11 is 0. The van der Waals surface area contributed by atoms with Gasteiger partial charge in [-0.15, -0.1) is 12.4 Å². The van der Waals surface area contributed by atoms with Crippen molar-refractivity contribution in [2.24, 2.45) is 11.8 Å². The molecule has 2 saturated heterocycles. The van der Waals surface area contributed by atoms with E-state index in [9.17, 15) is 4.79 Å². The van der Waals surface area contributed by atoms with Crippen LogP contribution in [0.5, 0.6) is 0 Å². The first kappa shape index (κ1) is 16.8. The molecule has 2 bridgehead atoms. The highest BCUT2D eigenvalue weighted by atomic mass is 35.5. The van der Waals surface area contributed by atoms with Crippen molar-refractivity contribution >= 4 is 18.3 Å². The fourth-order valence-electron chi connectivity index (χ4n) is 3.41. The fraction of sp³-hybridized carbons (Fsp3) is 0.933. The minimum atomic E-state index is 0. The number of carbonyl (C=O) groups is 1. The molecule has 2 aliphatic rings. The molecule has 0 radical (unpaired) electrons. The average Bonchev–Trinajstić information content (AvgIpc) is 2.64. The highest BCUT2D eigenvalue weighted by molar-refractivity contribution is 5.85. The maximum Gasteiger partial charge on any atom is 0.220 e. The molecule has 2 heterocycles. The van der Waals surface area contributed by atoms with E-state index in [1.165, 1.54) is 32.1 Å². The van der Waals surface area contributed by atoms with Gasteiger partial charge >= 0.3 is 0 Å². The van der Waals surface area contributed by atoms with Crippen LogP contribution in [0.3, 0.4) is 0 Å². The van der Waals surface area contributed by atoms with Gasteiger partial charge in [0.2, 0.25) is 5.91 Å². The van der Waals surface area contributed by atoms with E-state index in [0.29, 0.717) is 18.0 Å². The van der Waals surface area contributed by atoms with Crippen LogP contribution in [0.2, 0.25) is 0 Å². The van der Waals surface area contributed by atoms with Gasteiger partial charge in [0.15, 0.2) is 0 Å². The van der Waals surface area contributed by atoms with Crippen LogP contribution in [-0.2, 0) is 4.79 Å². The summed E-state index contributed by atoms with van der Waals surface area (Å²) < 4.78 is 0. The zero-order chi connectivity index (χ0) is 13.0. The second kappa shape index (κ2) is 8.11. The van der Waals surface area contributed by atoms with E-state index in [2.05, 4.69) is 24.5 Å². The quantitative estimate of drug-likeness (QED) is 0.738. The Morgan fingerprint density at radius 2 is 1.89 bits per heavy atom. The maximum absolute atomic E-state index is 11.9. The van der Waals surface area contributed by atoms with Gasteiger partial charge in [-0.1, -0.05) is 13.8 Å². The van der Waals surface area contributed by atoms with E-state index in [1.807, 2.05) is 0 Å². The Morgan fingerprint density at radius 1 is 1.26 bits per heavy atom. The Hall–Kier alpha value is -0.280. The summed E-state index contributed by atoms with van der Waals surface area (Å²) in [6.07, 6.45) is 8.11. The first-order valence-corrected chi connectivity index (χ1v) is 7.66. The van der Waals surface area contributed by atoms with E-state index in [4.69, 9.17) is 0 Å². The van der Waals surface area contributed by atoms with E-state index in [1.54, 1.807) is 0 Å². The highest BCUT2D eigenvalue weighted by Gasteiger charge is 2.33. The Bertz CT molecular complexity index is 271. The minimum absolute atomic E-state index is 0. The molecule has 0 spiro atoms. The van der Waals surface area contributed by atoms with Crippen LogP contribution in [0.25, 0.3) is 0 Å². The van der Waals surface area contributed by atoms with Crippen LogP contribution in [0.4, 0.5) is 0 Å². The Labute approximate surface area is 123 Å². The molecule has 2 unspecified atom stereocenters. The van der Waals surface area contributed by atoms with Gasteiger partial charge in [-0.25, -0.2) is 0 Å². The number of piperidine rings is 1. The van der Waals surface area contributed by atoms with Gasteiger partial charge in [0.05, 0.1) is 0 Å². The van der Waals surface area contributed by atoms with Gasteiger partial charge in [-0.05, 0) is 50.4 Å². The third kappa shape index (κ3) is 5.70. The molecular formula is C15H29ClN2O. The molecule has 2 fully saturated rings. The Balaban J connectivity index is 0.00000180. The predicted octanol–water partition coefficient (Wildman–Crippen LogP) is 2.88. The Morgan fingerprint density at radius 3 is 2.47 bits per heavy atom. The highest BCUT2D eigenvalue weighted by Crippen LogP contribution is 2.32. The molecular weight excluding hydrogens is 260 g/mol. The van der Waals surface area contributed by atoms with Gasteiger partial charge in [0.1, 0.15) is 0 Å². The number of amides is 1. The number of hydrogen-bond acceptors (Lipinski definition) is 2. The summed E-state index contributed by atoms with van der Waals surface area (Å²) in [7, 11) is 0. The van der Waals surface area contributed by atoms with E-state index < -0.39 is 0 Å². The lowest BCUT2D eigenvalue weighted by Crippen LogP contribution is -2.39. The molecule has 0 aromatic carbocycles. The first-order valence-electron chi connectivity index (χ1n) is 7.66. The minimum Gasteiger partial charge on any atom is -0.356 e. The monoisotopic (exact) mass is 288 g/mol. The molecule has 2 aliphatic heterocycles. The van der Waals surface area contributed by atoms with Crippen molar-refractivity contribution in [1.82, 2.24) is 10.6 Å². The van der Waals surface area contributed by atoms with Crippen molar-refractivity contribution in [3.63, 3.8) is 0 Å². The third-order valence-corrected chi connectivity index (χ3v) is 4.33. The summed E-state index contributed by atoms with van der Waals surface area (Å²) in [6, 6.07) is 1.39. The zero-order valence-corrected chi connectivity index (χ0v) is 13.1. The van der Waals surface area contributed by atoms with Crippen LogP contribution in [0.1, 0.15) is 58.8 Å². The summed E-state index contributed by atoms with van der Waals surface area (Å²) in [4.78, 5) is 11.9. The molecule has 1 amide bonds. The van der Waals surface area contributed by atoms with Crippen molar-refractivity contribution in [2.45, 2.75) is 70.9 Å². The summed E-state index contributed by atoms with van der Waals surface area (Å²) in [6.45, 7) is 5.31. The predicted molar refractivity (Wildman–Crippen MR) is 81.6 cm³/mol. The molecule has 2 atom stereocenters. The van der Waals surface area contributed by atoms with Crippen molar-refractivity contribution in [3.05, 3.63) is 0 Å². The molecule has 0 aliphatic carbocycles. The maximum atomic E-state index is 11.9. The van der Waals surface area contributed by atoms with E-state index >= 15 is 0 Å². The molecule has 2 N–H and O–H groups in total. The molecule has 2 rings (SSSR count). The van der Waals surface area contributed by atoms with Gasteiger partial charge in [0, 0.05) is 25.0 Å². The SMILES string of the molecule is CC(C)CCCNC(=O)CC1CC2CCC(C1)N2.Cl. The standard InChI is InChI=1S/C15H28N2O.ClH/c1-11(2)4-3-7-16-15(18)10-12-8-13-5-6-14(9-12)17-13;/h11-14,17H,3-10H2,1-2H3,(H,16,18);1H. The topological polar surface area (TPSA) is 41.1 Å². The van der Waals surface area contributed by atoms with Gasteiger partial charge in [0.25, 0.3) is 0 Å². The number of rotatable bonds is 6. The van der Waals surface area contributed by atoms with Crippen molar-refractivity contribution in [3.8, 4) is 0 Å². The summed E-state index contributed by atoms with van der Waals surface area (Å²) in [5, 5.41) is 6.70. The average molecular weight is 289 g/mol. The lowest BCUT2D eigenvalue weighted by molar-refractivity contribution is -0.122. The van der Waals surface area contributed by atoms with Gasteiger partial charge in [-0.2, -0.15) is 0 Å². The second-order valence-electron chi connectivity index (χ2n) is 6.57. The van der Waals surface area contributed by atoms with Crippen molar-refractivity contribution in [1.29, 1.82) is 0 Å².